The SMILES string of the molecule is CCOC(=O)CCN(CCCOC)C(=O)c1ccc(C(F)(F)F)cc1. The van der Waals surface area contributed by atoms with Crippen LogP contribution in [-0.2, 0) is 20.4 Å². The van der Waals surface area contributed by atoms with Gasteiger partial charge in [0.1, 0.15) is 0 Å². The van der Waals surface area contributed by atoms with Gasteiger partial charge in [-0.1, -0.05) is 0 Å². The van der Waals surface area contributed by atoms with E-state index in [1.807, 2.05) is 0 Å². The lowest BCUT2D eigenvalue weighted by molar-refractivity contribution is -0.143. The van der Waals surface area contributed by atoms with Crippen molar-refractivity contribution in [2.45, 2.75) is 25.9 Å². The summed E-state index contributed by atoms with van der Waals surface area (Å²) in [4.78, 5) is 25.4. The van der Waals surface area contributed by atoms with Crippen molar-refractivity contribution < 1.29 is 32.2 Å². The predicted octanol–water partition coefficient (Wildman–Crippen LogP) is 3.14. The van der Waals surface area contributed by atoms with E-state index in [-0.39, 0.29) is 25.1 Å². The van der Waals surface area contributed by atoms with Crippen molar-refractivity contribution in [3.05, 3.63) is 35.4 Å². The summed E-state index contributed by atoms with van der Waals surface area (Å²) < 4.78 is 47.6. The highest BCUT2D eigenvalue weighted by atomic mass is 19.4. The molecule has 1 rings (SSSR count). The fraction of sp³-hybridized carbons (Fsp3) is 0.529. The lowest BCUT2D eigenvalue weighted by atomic mass is 10.1. The van der Waals surface area contributed by atoms with Crippen LogP contribution in [-0.4, -0.2) is 50.2 Å². The average Bonchev–Trinajstić information content (AvgIpc) is 2.57. The summed E-state index contributed by atoms with van der Waals surface area (Å²) in [5.41, 5.74) is -0.684. The minimum atomic E-state index is -4.45. The first kappa shape index (κ1) is 21.0. The molecule has 25 heavy (non-hydrogen) atoms. The molecule has 0 fully saturated rings. The highest BCUT2D eigenvalue weighted by molar-refractivity contribution is 5.94. The van der Waals surface area contributed by atoms with Crippen LogP contribution in [0.2, 0.25) is 0 Å². The van der Waals surface area contributed by atoms with E-state index >= 15 is 0 Å². The Morgan fingerprint density at radius 1 is 1.12 bits per heavy atom. The van der Waals surface area contributed by atoms with E-state index in [0.717, 1.165) is 24.3 Å². The topological polar surface area (TPSA) is 55.8 Å². The van der Waals surface area contributed by atoms with Crippen molar-refractivity contribution >= 4 is 11.9 Å². The van der Waals surface area contributed by atoms with Crippen LogP contribution in [0.3, 0.4) is 0 Å². The number of methoxy groups -OCH3 is 1. The Labute approximate surface area is 144 Å². The van der Waals surface area contributed by atoms with E-state index in [0.29, 0.717) is 19.6 Å². The molecule has 1 aromatic carbocycles. The number of ether oxygens (including phenoxy) is 2. The van der Waals surface area contributed by atoms with Crippen molar-refractivity contribution in [1.82, 2.24) is 4.90 Å². The Bertz CT molecular complexity index is 558. The van der Waals surface area contributed by atoms with Crippen molar-refractivity contribution in [3.8, 4) is 0 Å². The Kier molecular flexibility index (Phi) is 8.40. The van der Waals surface area contributed by atoms with E-state index in [1.165, 1.54) is 12.0 Å². The van der Waals surface area contributed by atoms with E-state index < -0.39 is 23.6 Å². The lowest BCUT2D eigenvalue weighted by Gasteiger charge is -2.22. The number of carbonyl (C=O) groups is 2. The van der Waals surface area contributed by atoms with Crippen molar-refractivity contribution in [3.63, 3.8) is 0 Å². The molecule has 140 valence electrons. The van der Waals surface area contributed by atoms with Gasteiger partial charge in [-0.3, -0.25) is 9.59 Å². The Morgan fingerprint density at radius 3 is 2.28 bits per heavy atom. The number of esters is 1. The first-order valence-electron chi connectivity index (χ1n) is 7.90. The van der Waals surface area contributed by atoms with Gasteiger partial charge in [-0.2, -0.15) is 13.2 Å². The molecule has 0 aliphatic heterocycles. The fourth-order valence-corrected chi connectivity index (χ4v) is 2.16. The van der Waals surface area contributed by atoms with E-state index in [1.54, 1.807) is 6.92 Å². The first-order valence-corrected chi connectivity index (χ1v) is 7.90. The van der Waals surface area contributed by atoms with Crippen LogP contribution >= 0.6 is 0 Å². The third-order valence-electron chi connectivity index (χ3n) is 3.41. The van der Waals surface area contributed by atoms with E-state index in [2.05, 4.69) is 0 Å². The van der Waals surface area contributed by atoms with Gasteiger partial charge in [-0.25, -0.2) is 0 Å². The number of alkyl halides is 3. The number of carbonyl (C=O) groups excluding carboxylic acids is 2. The maximum atomic E-state index is 12.6. The van der Waals surface area contributed by atoms with Gasteiger partial charge in [0.2, 0.25) is 0 Å². The van der Waals surface area contributed by atoms with Gasteiger partial charge in [0.05, 0.1) is 18.6 Å². The molecule has 0 radical (unpaired) electrons. The third kappa shape index (κ3) is 7.13. The number of rotatable bonds is 9. The molecule has 0 heterocycles. The maximum Gasteiger partial charge on any atom is 0.416 e. The zero-order valence-electron chi connectivity index (χ0n) is 14.3. The summed E-state index contributed by atoms with van der Waals surface area (Å²) in [5.74, 6) is -0.867. The van der Waals surface area contributed by atoms with Gasteiger partial charge in [-0.05, 0) is 37.6 Å². The minimum absolute atomic E-state index is 0.0210. The van der Waals surface area contributed by atoms with Crippen LogP contribution in [0.1, 0.15) is 35.7 Å². The number of benzene rings is 1. The van der Waals surface area contributed by atoms with E-state index in [9.17, 15) is 22.8 Å². The molecule has 0 saturated carbocycles. The lowest BCUT2D eigenvalue weighted by Crippen LogP contribution is -2.34. The second-order valence-electron chi connectivity index (χ2n) is 5.27. The second kappa shape index (κ2) is 10.0. The summed E-state index contributed by atoms with van der Waals surface area (Å²) >= 11 is 0. The summed E-state index contributed by atoms with van der Waals surface area (Å²) in [7, 11) is 1.53. The van der Waals surface area contributed by atoms with Gasteiger partial charge < -0.3 is 14.4 Å². The molecule has 0 spiro atoms. The molecule has 0 saturated heterocycles. The van der Waals surface area contributed by atoms with Gasteiger partial charge in [0.25, 0.3) is 5.91 Å². The monoisotopic (exact) mass is 361 g/mol. The smallest absolute Gasteiger partial charge is 0.416 e. The van der Waals surface area contributed by atoms with Gasteiger partial charge in [0.15, 0.2) is 0 Å². The molecule has 1 aromatic rings. The number of nitrogens with zero attached hydrogens (tertiary/aromatic N) is 1. The predicted molar refractivity (Wildman–Crippen MR) is 85.1 cm³/mol. The summed E-state index contributed by atoms with van der Waals surface area (Å²) in [6, 6.07) is 4.01. The van der Waals surface area contributed by atoms with Crippen LogP contribution < -0.4 is 0 Å². The molecule has 1 amide bonds. The standard InChI is InChI=1S/C17H22F3NO4/c1-3-25-15(22)9-11-21(10-4-12-24-2)16(23)13-5-7-14(8-6-13)17(18,19)20/h5-8H,3-4,9-12H2,1-2H3. The average molecular weight is 361 g/mol. The van der Waals surface area contributed by atoms with Crippen molar-refractivity contribution in [2.75, 3.05) is 33.4 Å². The van der Waals surface area contributed by atoms with Crippen LogP contribution in [0.25, 0.3) is 0 Å². The molecule has 0 aliphatic carbocycles. The van der Waals surface area contributed by atoms with E-state index in [4.69, 9.17) is 9.47 Å². The molecule has 0 unspecified atom stereocenters. The molecule has 0 aromatic heterocycles. The highest BCUT2D eigenvalue weighted by Gasteiger charge is 2.30. The van der Waals surface area contributed by atoms with Gasteiger partial charge >= 0.3 is 12.1 Å². The fourth-order valence-electron chi connectivity index (χ4n) is 2.16. The normalized spacial score (nSPS) is 11.2. The highest BCUT2D eigenvalue weighted by Crippen LogP contribution is 2.29. The third-order valence-corrected chi connectivity index (χ3v) is 3.41. The molecule has 0 atom stereocenters. The van der Waals surface area contributed by atoms with Crippen molar-refractivity contribution in [1.29, 1.82) is 0 Å². The van der Waals surface area contributed by atoms with Crippen molar-refractivity contribution in [2.24, 2.45) is 0 Å². The largest absolute Gasteiger partial charge is 0.466 e. The summed E-state index contributed by atoms with van der Waals surface area (Å²) in [5, 5.41) is 0. The number of amides is 1. The van der Waals surface area contributed by atoms with Crippen LogP contribution in [0.4, 0.5) is 13.2 Å². The molecule has 5 nitrogen and oxygen atoms in total. The quantitative estimate of drug-likeness (QED) is 0.501. The molecule has 8 heteroatoms. The second-order valence-corrected chi connectivity index (χ2v) is 5.27. The number of hydrogen-bond acceptors (Lipinski definition) is 4. The summed E-state index contributed by atoms with van der Waals surface area (Å²) in [6.45, 7) is 2.81. The van der Waals surface area contributed by atoms with Gasteiger partial charge in [-0.15, -0.1) is 0 Å². The maximum absolute atomic E-state index is 12.6. The number of hydrogen-bond donors (Lipinski definition) is 0. The minimum Gasteiger partial charge on any atom is -0.466 e. The summed E-state index contributed by atoms with van der Waals surface area (Å²) in [6.07, 6.45) is -3.89. The Morgan fingerprint density at radius 2 is 1.76 bits per heavy atom. The Hall–Kier alpha value is -2.09. The first-order chi connectivity index (χ1) is 11.8. The molecular formula is C17H22F3NO4. The molecular weight excluding hydrogens is 339 g/mol. The zero-order valence-corrected chi connectivity index (χ0v) is 14.3. The van der Waals surface area contributed by atoms with Crippen LogP contribution in [0.15, 0.2) is 24.3 Å². The van der Waals surface area contributed by atoms with Gasteiger partial charge in [0, 0.05) is 32.4 Å². The zero-order chi connectivity index (χ0) is 18.9. The van der Waals surface area contributed by atoms with Crippen LogP contribution in [0, 0.1) is 0 Å². The number of halogens is 3. The molecule has 0 aliphatic rings. The Balaban J connectivity index is 2.80. The molecule has 0 N–H and O–H groups in total. The molecule has 0 bridgehead atoms. The van der Waals surface area contributed by atoms with Crippen LogP contribution in [0.5, 0.6) is 0 Å².